The average molecular weight is 314 g/mol. The largest absolute Gasteiger partial charge is 0.351 e. The van der Waals surface area contributed by atoms with Crippen molar-refractivity contribution in [1.29, 1.82) is 0 Å². The highest BCUT2D eigenvalue weighted by Crippen LogP contribution is 2.11. The molecule has 120 valence electrons. The third kappa shape index (κ3) is 5.21. The number of carbonyl (C=O) groups is 2. The molecule has 0 bridgehead atoms. The van der Waals surface area contributed by atoms with Crippen LogP contribution in [0.3, 0.4) is 0 Å². The Morgan fingerprint density at radius 1 is 1.00 bits per heavy atom. The lowest BCUT2D eigenvalue weighted by molar-refractivity contribution is -0.129. The summed E-state index contributed by atoms with van der Waals surface area (Å²) in [7, 11) is 0. The molecule has 0 fully saturated rings. The van der Waals surface area contributed by atoms with Gasteiger partial charge in [0, 0.05) is 12.1 Å². The minimum absolute atomic E-state index is 0.0625. The molecule has 0 aliphatic heterocycles. The lowest BCUT2D eigenvalue weighted by Crippen LogP contribution is -2.33. The van der Waals surface area contributed by atoms with Gasteiger partial charge in [0.05, 0.1) is 6.04 Å². The molecular weight excluding hydrogens is 295 g/mol. The molecule has 0 heterocycles. The van der Waals surface area contributed by atoms with E-state index < -0.39 is 5.91 Å². The van der Waals surface area contributed by atoms with Gasteiger partial charge in [-0.15, -0.1) is 0 Å². The van der Waals surface area contributed by atoms with Crippen molar-refractivity contribution in [3.05, 3.63) is 71.5 Å². The van der Waals surface area contributed by atoms with Gasteiger partial charge in [0.15, 0.2) is 0 Å². The Morgan fingerprint density at radius 3 is 2.35 bits per heavy atom. The van der Waals surface area contributed by atoms with Crippen molar-refractivity contribution in [2.24, 2.45) is 0 Å². The SMILES string of the molecule is CC(NC(=O)CC(=O)NCc1ccccc1F)c1ccccc1. The molecule has 4 nitrogen and oxygen atoms in total. The van der Waals surface area contributed by atoms with Crippen LogP contribution in [0.4, 0.5) is 4.39 Å². The molecule has 23 heavy (non-hydrogen) atoms. The molecule has 0 saturated carbocycles. The Kier molecular flexibility index (Phi) is 5.86. The van der Waals surface area contributed by atoms with E-state index in [0.717, 1.165) is 5.56 Å². The van der Waals surface area contributed by atoms with Gasteiger partial charge in [0.25, 0.3) is 0 Å². The van der Waals surface area contributed by atoms with Gasteiger partial charge in [-0.2, -0.15) is 0 Å². The van der Waals surface area contributed by atoms with Crippen molar-refractivity contribution in [2.75, 3.05) is 0 Å². The first-order valence-electron chi connectivity index (χ1n) is 7.40. The van der Waals surface area contributed by atoms with Crippen molar-refractivity contribution in [3.8, 4) is 0 Å². The minimum Gasteiger partial charge on any atom is -0.351 e. The molecular formula is C18H19FN2O2. The van der Waals surface area contributed by atoms with Crippen LogP contribution >= 0.6 is 0 Å². The van der Waals surface area contributed by atoms with Crippen LogP contribution in [0.25, 0.3) is 0 Å². The fourth-order valence-corrected chi connectivity index (χ4v) is 2.16. The normalized spacial score (nSPS) is 11.6. The second-order valence-corrected chi connectivity index (χ2v) is 5.24. The van der Waals surface area contributed by atoms with Crippen molar-refractivity contribution in [2.45, 2.75) is 25.9 Å². The van der Waals surface area contributed by atoms with Crippen LogP contribution in [0.2, 0.25) is 0 Å². The van der Waals surface area contributed by atoms with E-state index in [9.17, 15) is 14.0 Å². The van der Waals surface area contributed by atoms with E-state index in [0.29, 0.717) is 5.56 Å². The maximum Gasteiger partial charge on any atom is 0.229 e. The summed E-state index contributed by atoms with van der Waals surface area (Å²) < 4.78 is 13.4. The summed E-state index contributed by atoms with van der Waals surface area (Å²) in [5, 5.41) is 5.31. The summed E-state index contributed by atoms with van der Waals surface area (Å²) in [5.74, 6) is -1.19. The maximum atomic E-state index is 13.4. The molecule has 2 amide bonds. The number of nitrogens with one attached hydrogen (secondary N) is 2. The molecule has 1 atom stereocenters. The van der Waals surface area contributed by atoms with E-state index in [1.807, 2.05) is 37.3 Å². The van der Waals surface area contributed by atoms with E-state index in [1.54, 1.807) is 18.2 Å². The second kappa shape index (κ2) is 8.08. The topological polar surface area (TPSA) is 58.2 Å². The van der Waals surface area contributed by atoms with Crippen molar-refractivity contribution >= 4 is 11.8 Å². The summed E-state index contributed by atoms with van der Waals surface area (Å²) in [6.07, 6.45) is -0.286. The minimum atomic E-state index is -0.439. The van der Waals surface area contributed by atoms with Crippen LogP contribution in [0.1, 0.15) is 30.5 Å². The van der Waals surface area contributed by atoms with Gasteiger partial charge in [-0.1, -0.05) is 48.5 Å². The molecule has 0 aliphatic carbocycles. The van der Waals surface area contributed by atoms with Crippen LogP contribution in [-0.2, 0) is 16.1 Å². The summed E-state index contributed by atoms with van der Waals surface area (Å²) in [4.78, 5) is 23.6. The van der Waals surface area contributed by atoms with Gasteiger partial charge in [-0.25, -0.2) is 4.39 Å². The fourth-order valence-electron chi connectivity index (χ4n) is 2.16. The highest BCUT2D eigenvalue weighted by Gasteiger charge is 2.13. The van der Waals surface area contributed by atoms with Crippen molar-refractivity contribution in [3.63, 3.8) is 0 Å². The zero-order chi connectivity index (χ0) is 16.7. The van der Waals surface area contributed by atoms with Gasteiger partial charge in [0.2, 0.25) is 11.8 Å². The van der Waals surface area contributed by atoms with E-state index in [-0.39, 0.29) is 30.7 Å². The maximum absolute atomic E-state index is 13.4. The lowest BCUT2D eigenvalue weighted by atomic mass is 10.1. The van der Waals surface area contributed by atoms with Crippen LogP contribution in [0.5, 0.6) is 0 Å². The molecule has 0 saturated heterocycles. The van der Waals surface area contributed by atoms with Crippen LogP contribution < -0.4 is 10.6 Å². The van der Waals surface area contributed by atoms with Gasteiger partial charge in [-0.05, 0) is 18.6 Å². The summed E-state index contributed by atoms with van der Waals surface area (Å²) in [6, 6.07) is 15.5. The summed E-state index contributed by atoms with van der Waals surface area (Å²) >= 11 is 0. The third-order valence-electron chi connectivity index (χ3n) is 3.43. The molecule has 1 unspecified atom stereocenters. The predicted molar refractivity (Wildman–Crippen MR) is 85.9 cm³/mol. The fraction of sp³-hybridized carbons (Fsp3) is 0.222. The zero-order valence-electron chi connectivity index (χ0n) is 12.9. The van der Waals surface area contributed by atoms with E-state index in [4.69, 9.17) is 0 Å². The van der Waals surface area contributed by atoms with Gasteiger partial charge >= 0.3 is 0 Å². The number of carbonyl (C=O) groups excluding carboxylic acids is 2. The molecule has 2 N–H and O–H groups in total. The van der Waals surface area contributed by atoms with Crippen LogP contribution in [0, 0.1) is 5.82 Å². The van der Waals surface area contributed by atoms with Crippen molar-refractivity contribution in [1.82, 2.24) is 10.6 Å². The quantitative estimate of drug-likeness (QED) is 0.806. The first-order chi connectivity index (χ1) is 11.1. The van der Waals surface area contributed by atoms with E-state index >= 15 is 0 Å². The van der Waals surface area contributed by atoms with Gasteiger partial charge in [0.1, 0.15) is 12.2 Å². The van der Waals surface area contributed by atoms with E-state index in [1.165, 1.54) is 6.07 Å². The monoisotopic (exact) mass is 314 g/mol. The number of amides is 2. The van der Waals surface area contributed by atoms with Crippen LogP contribution in [-0.4, -0.2) is 11.8 Å². The Hall–Kier alpha value is -2.69. The second-order valence-electron chi connectivity index (χ2n) is 5.24. The Bertz CT molecular complexity index is 674. The standard InChI is InChI=1S/C18H19FN2O2/c1-13(14-7-3-2-4-8-14)21-18(23)11-17(22)20-12-15-9-5-6-10-16(15)19/h2-10,13H,11-12H2,1H3,(H,20,22)(H,21,23). The Labute approximate surface area is 134 Å². The molecule has 0 radical (unpaired) electrons. The van der Waals surface area contributed by atoms with E-state index in [2.05, 4.69) is 10.6 Å². The summed E-state index contributed by atoms with van der Waals surface area (Å²) in [5.41, 5.74) is 1.35. The average Bonchev–Trinajstić information content (AvgIpc) is 2.54. The molecule has 2 aromatic rings. The zero-order valence-corrected chi connectivity index (χ0v) is 12.9. The smallest absolute Gasteiger partial charge is 0.229 e. The molecule has 5 heteroatoms. The highest BCUT2D eigenvalue weighted by molar-refractivity contribution is 5.96. The highest BCUT2D eigenvalue weighted by atomic mass is 19.1. The first-order valence-corrected chi connectivity index (χ1v) is 7.40. The lowest BCUT2D eigenvalue weighted by Gasteiger charge is -2.14. The molecule has 2 aromatic carbocycles. The number of rotatable bonds is 6. The number of hydrogen-bond acceptors (Lipinski definition) is 2. The molecule has 0 aliphatic rings. The first kappa shape index (κ1) is 16.7. The number of halogens is 1. The molecule has 2 rings (SSSR count). The Morgan fingerprint density at radius 2 is 1.65 bits per heavy atom. The third-order valence-corrected chi connectivity index (χ3v) is 3.43. The van der Waals surface area contributed by atoms with Crippen molar-refractivity contribution < 1.29 is 14.0 Å². The number of hydrogen-bond donors (Lipinski definition) is 2. The Balaban J connectivity index is 1.79. The molecule has 0 spiro atoms. The molecule has 0 aromatic heterocycles. The van der Waals surface area contributed by atoms with Gasteiger partial charge in [-0.3, -0.25) is 9.59 Å². The number of benzene rings is 2. The summed E-state index contributed by atoms with van der Waals surface area (Å²) in [6.45, 7) is 1.91. The van der Waals surface area contributed by atoms with Crippen LogP contribution in [0.15, 0.2) is 54.6 Å². The predicted octanol–water partition coefficient (Wildman–Crippen LogP) is 2.71. The van der Waals surface area contributed by atoms with Gasteiger partial charge < -0.3 is 10.6 Å².